The molecule has 5 nitrogen and oxygen atoms in total. The van der Waals surface area contributed by atoms with E-state index in [-0.39, 0.29) is 5.91 Å². The molecule has 0 aliphatic carbocycles. The van der Waals surface area contributed by atoms with Gasteiger partial charge in [0.2, 0.25) is 5.13 Å². The SMILES string of the molecule is CCCN=C(C)C1C(=O)N(c2nc3ccccc3s2)N=C1c1ccccc1. The van der Waals surface area contributed by atoms with Crippen LogP contribution in [0.2, 0.25) is 0 Å². The Labute approximate surface area is 162 Å². The molecule has 1 unspecified atom stereocenters. The van der Waals surface area contributed by atoms with Gasteiger partial charge in [0.25, 0.3) is 5.91 Å². The highest BCUT2D eigenvalue weighted by Crippen LogP contribution is 2.33. The summed E-state index contributed by atoms with van der Waals surface area (Å²) in [6.45, 7) is 4.70. The molecule has 6 heteroatoms. The first kappa shape index (κ1) is 17.5. The Kier molecular flexibility index (Phi) is 4.81. The van der Waals surface area contributed by atoms with Crippen LogP contribution in [0.15, 0.2) is 64.7 Å². The number of rotatable bonds is 5. The molecule has 4 rings (SSSR count). The first-order chi connectivity index (χ1) is 13.2. The van der Waals surface area contributed by atoms with Gasteiger partial charge < -0.3 is 0 Å². The highest BCUT2D eigenvalue weighted by Gasteiger charge is 2.40. The molecule has 0 fully saturated rings. The number of aromatic nitrogens is 1. The molecule has 1 aliphatic rings. The Bertz CT molecular complexity index is 1010. The fraction of sp³-hybridized carbons (Fsp3) is 0.238. The molecular formula is C21H20N4OS. The molecule has 1 aromatic heterocycles. The Morgan fingerprint density at radius 1 is 1.15 bits per heavy atom. The first-order valence-electron chi connectivity index (χ1n) is 9.03. The molecule has 1 aliphatic heterocycles. The summed E-state index contributed by atoms with van der Waals surface area (Å²) in [5.41, 5.74) is 3.34. The van der Waals surface area contributed by atoms with Crippen LogP contribution in [-0.4, -0.2) is 28.9 Å². The minimum Gasteiger partial charge on any atom is -0.293 e. The molecule has 0 spiro atoms. The summed E-state index contributed by atoms with van der Waals surface area (Å²) in [4.78, 5) is 22.5. The number of benzene rings is 2. The lowest BCUT2D eigenvalue weighted by molar-refractivity contribution is -0.118. The lowest BCUT2D eigenvalue weighted by atomic mass is 9.93. The summed E-state index contributed by atoms with van der Waals surface area (Å²) in [6.07, 6.45) is 0.942. The number of fused-ring (bicyclic) bond motifs is 1. The standard InChI is InChI=1S/C21H20N4OS/c1-3-13-22-14(2)18-19(15-9-5-4-6-10-15)24-25(20(18)26)21-23-16-11-7-8-12-17(16)27-21/h4-12,18H,3,13H2,1-2H3. The average molecular weight is 376 g/mol. The normalized spacial score (nSPS) is 17.6. The number of anilines is 1. The molecule has 0 saturated carbocycles. The molecule has 27 heavy (non-hydrogen) atoms. The van der Waals surface area contributed by atoms with Crippen LogP contribution in [0.3, 0.4) is 0 Å². The van der Waals surface area contributed by atoms with Crippen LogP contribution in [0.25, 0.3) is 10.2 Å². The topological polar surface area (TPSA) is 57.9 Å². The summed E-state index contributed by atoms with van der Waals surface area (Å²) >= 11 is 1.47. The lowest BCUT2D eigenvalue weighted by Crippen LogP contribution is -2.32. The summed E-state index contributed by atoms with van der Waals surface area (Å²) in [6, 6.07) is 17.7. The van der Waals surface area contributed by atoms with Crippen molar-refractivity contribution in [2.24, 2.45) is 16.0 Å². The van der Waals surface area contributed by atoms with Crippen LogP contribution >= 0.6 is 11.3 Å². The van der Waals surface area contributed by atoms with Crippen molar-refractivity contribution in [3.63, 3.8) is 0 Å². The van der Waals surface area contributed by atoms with Gasteiger partial charge in [-0.3, -0.25) is 9.79 Å². The van der Waals surface area contributed by atoms with Crippen molar-refractivity contribution in [3.8, 4) is 0 Å². The molecule has 2 aromatic carbocycles. The van der Waals surface area contributed by atoms with Gasteiger partial charge in [-0.15, -0.1) is 0 Å². The first-order valence-corrected chi connectivity index (χ1v) is 9.85. The van der Waals surface area contributed by atoms with Crippen molar-refractivity contribution in [2.45, 2.75) is 20.3 Å². The van der Waals surface area contributed by atoms with Crippen LogP contribution < -0.4 is 5.01 Å². The summed E-state index contributed by atoms with van der Waals surface area (Å²) in [5, 5.41) is 6.73. The largest absolute Gasteiger partial charge is 0.293 e. The van der Waals surface area contributed by atoms with E-state index in [1.165, 1.54) is 16.3 Å². The van der Waals surface area contributed by atoms with Crippen molar-refractivity contribution >= 4 is 44.0 Å². The second kappa shape index (κ2) is 7.40. The second-order valence-electron chi connectivity index (χ2n) is 6.42. The minimum atomic E-state index is -0.467. The Morgan fingerprint density at radius 2 is 1.89 bits per heavy atom. The molecule has 0 N–H and O–H groups in total. The predicted molar refractivity (Wildman–Crippen MR) is 112 cm³/mol. The number of carbonyl (C=O) groups is 1. The fourth-order valence-corrected chi connectivity index (χ4v) is 4.05. The maximum atomic E-state index is 13.3. The lowest BCUT2D eigenvalue weighted by Gasteiger charge is -2.12. The smallest absolute Gasteiger partial charge is 0.264 e. The maximum Gasteiger partial charge on any atom is 0.264 e. The number of amides is 1. The summed E-state index contributed by atoms with van der Waals surface area (Å²) in [7, 11) is 0. The van der Waals surface area contributed by atoms with Crippen LogP contribution in [-0.2, 0) is 4.79 Å². The van der Waals surface area contributed by atoms with Crippen LogP contribution in [0.4, 0.5) is 5.13 Å². The Balaban J connectivity index is 1.79. The average Bonchev–Trinajstić information content (AvgIpc) is 3.27. The zero-order chi connectivity index (χ0) is 18.8. The van der Waals surface area contributed by atoms with Crippen LogP contribution in [0.5, 0.6) is 0 Å². The molecule has 2 heterocycles. The maximum absolute atomic E-state index is 13.3. The molecular weight excluding hydrogens is 356 g/mol. The third-order valence-corrected chi connectivity index (χ3v) is 5.48. The van der Waals surface area contributed by atoms with E-state index in [1.54, 1.807) is 0 Å². The molecule has 0 radical (unpaired) electrons. The van der Waals surface area contributed by atoms with Gasteiger partial charge in [-0.05, 0) is 31.0 Å². The van der Waals surface area contributed by atoms with Crippen molar-refractivity contribution in [3.05, 3.63) is 60.2 Å². The van der Waals surface area contributed by atoms with Gasteiger partial charge in [0.15, 0.2) is 0 Å². The van der Waals surface area contributed by atoms with Gasteiger partial charge in [0, 0.05) is 12.3 Å². The van der Waals surface area contributed by atoms with E-state index >= 15 is 0 Å². The van der Waals surface area contributed by atoms with E-state index in [2.05, 4.69) is 22.0 Å². The number of para-hydroxylation sites is 1. The number of hydrogen-bond donors (Lipinski definition) is 0. The van der Waals surface area contributed by atoms with Crippen LogP contribution in [0, 0.1) is 5.92 Å². The third-order valence-electron chi connectivity index (χ3n) is 4.47. The zero-order valence-electron chi connectivity index (χ0n) is 15.3. The summed E-state index contributed by atoms with van der Waals surface area (Å²) in [5.74, 6) is -0.559. The highest BCUT2D eigenvalue weighted by molar-refractivity contribution is 7.22. The number of aliphatic imine (C=N–C) groups is 1. The van der Waals surface area contributed by atoms with Gasteiger partial charge >= 0.3 is 0 Å². The predicted octanol–water partition coefficient (Wildman–Crippen LogP) is 4.53. The molecule has 1 amide bonds. The number of carbonyl (C=O) groups excluding carboxylic acids is 1. The number of hydrazone groups is 1. The highest BCUT2D eigenvalue weighted by atomic mass is 32.1. The van der Waals surface area contributed by atoms with Gasteiger partial charge in [0.05, 0.1) is 15.9 Å². The Hall–Kier alpha value is -2.86. The summed E-state index contributed by atoms with van der Waals surface area (Å²) < 4.78 is 1.04. The van der Waals surface area contributed by atoms with Crippen molar-refractivity contribution in [1.29, 1.82) is 0 Å². The van der Waals surface area contributed by atoms with Gasteiger partial charge in [-0.2, -0.15) is 10.1 Å². The monoisotopic (exact) mass is 376 g/mol. The third kappa shape index (κ3) is 3.28. The van der Waals surface area contributed by atoms with Crippen LogP contribution in [0.1, 0.15) is 25.8 Å². The molecule has 3 aromatic rings. The van der Waals surface area contributed by atoms with Crippen molar-refractivity contribution in [1.82, 2.24) is 4.98 Å². The Morgan fingerprint density at radius 3 is 2.63 bits per heavy atom. The van der Waals surface area contributed by atoms with Crippen molar-refractivity contribution < 1.29 is 4.79 Å². The van der Waals surface area contributed by atoms with E-state index in [4.69, 9.17) is 0 Å². The molecule has 136 valence electrons. The molecule has 0 saturated heterocycles. The van der Waals surface area contributed by atoms with Gasteiger partial charge in [-0.1, -0.05) is 60.7 Å². The number of hydrogen-bond acceptors (Lipinski definition) is 5. The van der Waals surface area contributed by atoms with E-state index in [0.29, 0.717) is 11.7 Å². The van der Waals surface area contributed by atoms with E-state index in [0.717, 1.165) is 33.6 Å². The number of thiazole rings is 1. The minimum absolute atomic E-state index is 0.0923. The van der Waals surface area contributed by atoms with Gasteiger partial charge in [-0.25, -0.2) is 4.98 Å². The van der Waals surface area contributed by atoms with E-state index < -0.39 is 5.92 Å². The van der Waals surface area contributed by atoms with Crippen molar-refractivity contribution in [2.75, 3.05) is 11.6 Å². The van der Waals surface area contributed by atoms with E-state index in [9.17, 15) is 4.79 Å². The molecule has 1 atom stereocenters. The quantitative estimate of drug-likeness (QED) is 0.614. The van der Waals surface area contributed by atoms with Gasteiger partial charge in [0.1, 0.15) is 5.92 Å². The van der Waals surface area contributed by atoms with E-state index in [1.807, 2.05) is 61.5 Å². The number of nitrogens with zero attached hydrogens (tertiary/aromatic N) is 4. The fourth-order valence-electron chi connectivity index (χ4n) is 3.13. The second-order valence-corrected chi connectivity index (χ2v) is 7.43. The zero-order valence-corrected chi connectivity index (χ0v) is 16.1. The molecule has 0 bridgehead atoms.